The third-order valence-electron chi connectivity index (χ3n) is 2.53. The minimum Gasteiger partial charge on any atom is -0.384 e. The molecule has 0 saturated heterocycles. The van der Waals surface area contributed by atoms with Gasteiger partial charge in [0.1, 0.15) is 4.90 Å². The number of amides is 1. The molecule has 0 aliphatic heterocycles. The molecule has 0 fully saturated rings. The van der Waals surface area contributed by atoms with Gasteiger partial charge in [0.15, 0.2) is 0 Å². The van der Waals surface area contributed by atoms with E-state index in [2.05, 4.69) is 15.4 Å². The van der Waals surface area contributed by atoms with Crippen LogP contribution in [0.15, 0.2) is 29.2 Å². The fourth-order valence-electron chi connectivity index (χ4n) is 1.61. The number of hydrogen-bond donors (Lipinski definition) is 3. The molecule has 0 bridgehead atoms. The maximum absolute atomic E-state index is 12.2. The Bertz CT molecular complexity index is 544. The van der Waals surface area contributed by atoms with Crippen molar-refractivity contribution < 1.29 is 13.2 Å². The van der Waals surface area contributed by atoms with Crippen LogP contribution in [0.1, 0.15) is 20.3 Å². The molecule has 3 N–H and O–H groups in total. The van der Waals surface area contributed by atoms with Crippen LogP contribution in [0.4, 0.5) is 5.69 Å². The lowest BCUT2D eigenvalue weighted by atomic mass is 10.3. The van der Waals surface area contributed by atoms with E-state index in [-0.39, 0.29) is 23.9 Å². The van der Waals surface area contributed by atoms with Crippen LogP contribution >= 0.6 is 0 Å². The fourth-order valence-corrected chi connectivity index (χ4v) is 2.82. The van der Waals surface area contributed by atoms with Crippen molar-refractivity contribution in [3.05, 3.63) is 24.3 Å². The molecule has 1 aromatic rings. The minimum atomic E-state index is -3.58. The zero-order valence-electron chi connectivity index (χ0n) is 11.8. The molecule has 0 atom stereocenters. The lowest BCUT2D eigenvalue weighted by Gasteiger charge is -2.12. The van der Waals surface area contributed by atoms with Crippen LogP contribution in [0.3, 0.4) is 0 Å². The van der Waals surface area contributed by atoms with Gasteiger partial charge in [-0.25, -0.2) is 13.1 Å². The monoisotopic (exact) mass is 299 g/mol. The first kappa shape index (κ1) is 16.5. The molecule has 0 unspecified atom stereocenters. The molecule has 20 heavy (non-hydrogen) atoms. The SMILES string of the molecule is CCCNc1ccccc1S(=O)(=O)NCCNC(C)=O. The van der Waals surface area contributed by atoms with Crippen molar-refractivity contribution in [3.63, 3.8) is 0 Å². The number of carbonyl (C=O) groups excluding carboxylic acids is 1. The molecule has 1 aromatic carbocycles. The van der Waals surface area contributed by atoms with Gasteiger partial charge in [0, 0.05) is 26.6 Å². The van der Waals surface area contributed by atoms with Gasteiger partial charge in [-0.2, -0.15) is 0 Å². The average molecular weight is 299 g/mol. The van der Waals surface area contributed by atoms with E-state index in [1.165, 1.54) is 6.92 Å². The molecule has 0 saturated carbocycles. The van der Waals surface area contributed by atoms with Gasteiger partial charge in [0.05, 0.1) is 5.69 Å². The molecule has 6 nitrogen and oxygen atoms in total. The van der Waals surface area contributed by atoms with E-state index < -0.39 is 10.0 Å². The molecule has 1 rings (SSSR count). The molecule has 112 valence electrons. The summed E-state index contributed by atoms with van der Waals surface area (Å²) in [4.78, 5) is 10.9. The number of sulfonamides is 1. The second-order valence-corrected chi connectivity index (χ2v) is 6.04. The summed E-state index contributed by atoms with van der Waals surface area (Å²) >= 11 is 0. The first-order valence-electron chi connectivity index (χ1n) is 6.54. The second kappa shape index (κ2) is 7.86. The van der Waals surface area contributed by atoms with Gasteiger partial charge in [0.2, 0.25) is 15.9 Å². The lowest BCUT2D eigenvalue weighted by molar-refractivity contribution is -0.118. The highest BCUT2D eigenvalue weighted by Gasteiger charge is 2.17. The number of benzene rings is 1. The number of hydrogen-bond acceptors (Lipinski definition) is 4. The fraction of sp³-hybridized carbons (Fsp3) is 0.462. The Hall–Kier alpha value is -1.60. The Morgan fingerprint density at radius 1 is 1.15 bits per heavy atom. The highest BCUT2D eigenvalue weighted by atomic mass is 32.2. The topological polar surface area (TPSA) is 87.3 Å². The third-order valence-corrected chi connectivity index (χ3v) is 4.05. The van der Waals surface area contributed by atoms with E-state index in [4.69, 9.17) is 0 Å². The van der Waals surface area contributed by atoms with E-state index in [1.54, 1.807) is 24.3 Å². The third kappa shape index (κ3) is 5.18. The van der Waals surface area contributed by atoms with Crippen molar-refractivity contribution in [1.29, 1.82) is 0 Å². The second-order valence-electron chi connectivity index (χ2n) is 4.30. The summed E-state index contributed by atoms with van der Waals surface area (Å²) in [5.74, 6) is -0.186. The highest BCUT2D eigenvalue weighted by molar-refractivity contribution is 7.89. The van der Waals surface area contributed by atoms with Crippen molar-refractivity contribution in [2.75, 3.05) is 25.0 Å². The first-order chi connectivity index (χ1) is 9.47. The van der Waals surface area contributed by atoms with Crippen LogP contribution in [0.25, 0.3) is 0 Å². The maximum atomic E-state index is 12.2. The van der Waals surface area contributed by atoms with Gasteiger partial charge < -0.3 is 10.6 Å². The summed E-state index contributed by atoms with van der Waals surface area (Å²) in [6.07, 6.45) is 0.907. The Labute approximate surface area is 120 Å². The molecule has 0 spiro atoms. The molecule has 1 amide bonds. The normalized spacial score (nSPS) is 11.1. The van der Waals surface area contributed by atoms with Crippen LogP contribution < -0.4 is 15.4 Å². The van der Waals surface area contributed by atoms with Crippen LogP contribution in [0, 0.1) is 0 Å². The largest absolute Gasteiger partial charge is 0.384 e. The van der Waals surface area contributed by atoms with Crippen LogP contribution in [0.2, 0.25) is 0 Å². The Morgan fingerprint density at radius 2 is 1.85 bits per heavy atom. The molecule has 0 aliphatic rings. The zero-order valence-corrected chi connectivity index (χ0v) is 12.6. The van der Waals surface area contributed by atoms with E-state index >= 15 is 0 Å². The summed E-state index contributed by atoms with van der Waals surface area (Å²) < 4.78 is 26.9. The number of para-hydroxylation sites is 1. The molecule has 0 heterocycles. The Morgan fingerprint density at radius 3 is 2.50 bits per heavy atom. The van der Waals surface area contributed by atoms with Crippen molar-refractivity contribution in [3.8, 4) is 0 Å². The van der Waals surface area contributed by atoms with Crippen molar-refractivity contribution in [1.82, 2.24) is 10.0 Å². The van der Waals surface area contributed by atoms with Crippen molar-refractivity contribution >= 4 is 21.6 Å². The predicted molar refractivity (Wildman–Crippen MR) is 79.1 cm³/mol. The maximum Gasteiger partial charge on any atom is 0.242 e. The molecule has 0 aliphatic carbocycles. The summed E-state index contributed by atoms with van der Waals surface area (Å²) in [7, 11) is -3.58. The Balaban J connectivity index is 2.73. The highest BCUT2D eigenvalue weighted by Crippen LogP contribution is 2.20. The van der Waals surface area contributed by atoms with E-state index in [0.717, 1.165) is 6.42 Å². The number of rotatable bonds is 8. The Kier molecular flexibility index (Phi) is 6.47. The van der Waals surface area contributed by atoms with Gasteiger partial charge in [-0.05, 0) is 18.6 Å². The van der Waals surface area contributed by atoms with Gasteiger partial charge in [-0.15, -0.1) is 0 Å². The average Bonchev–Trinajstić information content (AvgIpc) is 2.41. The van der Waals surface area contributed by atoms with Gasteiger partial charge in [-0.3, -0.25) is 4.79 Å². The van der Waals surface area contributed by atoms with Crippen LogP contribution in [-0.2, 0) is 14.8 Å². The van der Waals surface area contributed by atoms with E-state index in [0.29, 0.717) is 12.2 Å². The summed E-state index contributed by atoms with van der Waals surface area (Å²) in [5.41, 5.74) is 0.585. The van der Waals surface area contributed by atoms with Gasteiger partial charge in [0.25, 0.3) is 0 Å². The molecular formula is C13H21N3O3S. The predicted octanol–water partition coefficient (Wildman–Crippen LogP) is 0.923. The number of carbonyl (C=O) groups is 1. The summed E-state index contributed by atoms with van der Waals surface area (Å²) in [6.45, 7) is 4.52. The minimum absolute atomic E-state index is 0.157. The molecule has 0 radical (unpaired) electrons. The van der Waals surface area contributed by atoms with E-state index in [1.807, 2.05) is 6.92 Å². The van der Waals surface area contributed by atoms with Crippen molar-refractivity contribution in [2.24, 2.45) is 0 Å². The number of nitrogens with one attached hydrogen (secondary N) is 3. The first-order valence-corrected chi connectivity index (χ1v) is 8.02. The number of anilines is 1. The lowest BCUT2D eigenvalue weighted by Crippen LogP contribution is -2.34. The van der Waals surface area contributed by atoms with Crippen molar-refractivity contribution in [2.45, 2.75) is 25.2 Å². The molecular weight excluding hydrogens is 278 g/mol. The van der Waals surface area contributed by atoms with Gasteiger partial charge >= 0.3 is 0 Å². The van der Waals surface area contributed by atoms with E-state index in [9.17, 15) is 13.2 Å². The van der Waals surface area contributed by atoms with Gasteiger partial charge in [-0.1, -0.05) is 19.1 Å². The zero-order chi connectivity index (χ0) is 15.0. The summed E-state index contributed by atoms with van der Waals surface area (Å²) in [5, 5.41) is 5.63. The standard InChI is InChI=1S/C13H21N3O3S/c1-3-8-15-12-6-4-5-7-13(12)20(18,19)16-10-9-14-11(2)17/h4-7,15-16H,3,8-10H2,1-2H3,(H,14,17). The smallest absolute Gasteiger partial charge is 0.242 e. The van der Waals surface area contributed by atoms with Crippen LogP contribution in [0.5, 0.6) is 0 Å². The molecule has 7 heteroatoms. The van der Waals surface area contributed by atoms with Crippen LogP contribution in [-0.4, -0.2) is 34.0 Å². The quantitative estimate of drug-likeness (QED) is 0.623. The summed E-state index contributed by atoms with van der Waals surface area (Å²) in [6, 6.07) is 6.75. The molecule has 0 aromatic heterocycles.